The number of hydrazone groups is 1. The molecule has 3 aliphatic rings. The Labute approximate surface area is 198 Å². The number of anilines is 1. The fourth-order valence-corrected chi connectivity index (χ4v) is 4.80. The number of imidazole rings is 1. The van der Waals surface area contributed by atoms with Gasteiger partial charge in [-0.05, 0) is 24.6 Å². The standard InChI is InChI=1S/C22H23F2N7O.C2H6.H2/c23-15-4-5-17-19(8-15)28-22(27-17)31-11-13-9-30(10-14(13)12-31)21(32)20-16(24)2-1-3-18(20)29-26-7-6-25;1-2;/h3-8,13-14,25,29H,1-2,9-12H2,(H,27,28);1-2H3;1H/b25-6?,26-7-;;. The minimum absolute atomic E-state index is 0. The fourth-order valence-electron chi connectivity index (χ4n) is 4.80. The predicted octanol–water partition coefficient (Wildman–Crippen LogP) is 4.00. The fraction of sp³-hybridized carbons (Fsp3) is 0.417. The van der Waals surface area contributed by atoms with Crippen molar-refractivity contribution in [3.05, 3.63) is 47.2 Å². The summed E-state index contributed by atoms with van der Waals surface area (Å²) in [6, 6.07) is 4.47. The van der Waals surface area contributed by atoms with Gasteiger partial charge in [-0.3, -0.25) is 10.2 Å². The molecule has 0 spiro atoms. The van der Waals surface area contributed by atoms with Crippen LogP contribution in [0.5, 0.6) is 0 Å². The molecule has 3 heterocycles. The van der Waals surface area contributed by atoms with Crippen LogP contribution in [0.2, 0.25) is 0 Å². The molecule has 2 unspecified atom stereocenters. The Morgan fingerprint density at radius 1 is 1.26 bits per heavy atom. The molecular weight excluding hydrogens is 440 g/mol. The molecule has 2 fully saturated rings. The number of hydrogen-bond donors (Lipinski definition) is 3. The van der Waals surface area contributed by atoms with E-state index in [0.717, 1.165) is 19.3 Å². The molecule has 2 saturated heterocycles. The van der Waals surface area contributed by atoms with Crippen LogP contribution in [0.25, 0.3) is 11.0 Å². The van der Waals surface area contributed by atoms with Gasteiger partial charge in [0, 0.05) is 52.1 Å². The van der Waals surface area contributed by atoms with Crippen molar-refractivity contribution in [3.8, 4) is 0 Å². The Balaban J connectivity index is 0.00000111. The zero-order chi connectivity index (χ0) is 24.2. The number of benzene rings is 1. The number of aromatic nitrogens is 2. The van der Waals surface area contributed by atoms with Gasteiger partial charge in [-0.25, -0.2) is 13.8 Å². The van der Waals surface area contributed by atoms with Crippen molar-refractivity contribution >= 4 is 35.3 Å². The van der Waals surface area contributed by atoms with Gasteiger partial charge in [0.15, 0.2) is 0 Å². The van der Waals surface area contributed by atoms with Crippen LogP contribution in [-0.2, 0) is 4.79 Å². The molecule has 1 aromatic heterocycles. The first-order valence-electron chi connectivity index (χ1n) is 11.6. The molecular formula is C24H31F2N7O. The van der Waals surface area contributed by atoms with Crippen LogP contribution in [0.4, 0.5) is 14.7 Å². The molecule has 0 radical (unpaired) electrons. The Morgan fingerprint density at radius 3 is 2.71 bits per heavy atom. The zero-order valence-corrected chi connectivity index (χ0v) is 19.3. The monoisotopic (exact) mass is 471 g/mol. The summed E-state index contributed by atoms with van der Waals surface area (Å²) in [4.78, 5) is 24.8. The van der Waals surface area contributed by atoms with E-state index < -0.39 is 5.83 Å². The SMILES string of the molecule is CC.N=C/C=N\NC1=CCCC(F)=C1C(=O)N1CC2CN(c3nc4ccc(F)cc4[nH]3)CC2C1.[HH]. The maximum absolute atomic E-state index is 14.6. The third kappa shape index (κ3) is 4.57. The summed E-state index contributed by atoms with van der Waals surface area (Å²) in [6.45, 7) is 6.54. The lowest BCUT2D eigenvalue weighted by Gasteiger charge is -2.24. The highest BCUT2D eigenvalue weighted by Gasteiger charge is 2.43. The molecule has 1 aromatic carbocycles. The number of halogens is 2. The van der Waals surface area contributed by atoms with Crippen molar-refractivity contribution in [2.45, 2.75) is 26.7 Å². The Hall–Kier alpha value is -3.56. The second-order valence-corrected chi connectivity index (χ2v) is 8.35. The van der Waals surface area contributed by atoms with E-state index in [9.17, 15) is 13.6 Å². The van der Waals surface area contributed by atoms with Gasteiger partial charge < -0.3 is 20.2 Å². The van der Waals surface area contributed by atoms with Crippen LogP contribution >= 0.6 is 0 Å². The number of H-pyrrole nitrogens is 1. The van der Waals surface area contributed by atoms with Gasteiger partial charge in [0.05, 0.1) is 28.5 Å². The van der Waals surface area contributed by atoms with Crippen LogP contribution in [0.15, 0.2) is 46.5 Å². The second kappa shape index (κ2) is 10.1. The summed E-state index contributed by atoms with van der Waals surface area (Å²) in [7, 11) is 0. The molecule has 1 aliphatic carbocycles. The summed E-state index contributed by atoms with van der Waals surface area (Å²) in [5, 5.41) is 10.8. The molecule has 2 aliphatic heterocycles. The number of carbonyl (C=O) groups excluding carboxylic acids is 1. The van der Waals surface area contributed by atoms with E-state index in [0.29, 0.717) is 42.2 Å². The van der Waals surface area contributed by atoms with Gasteiger partial charge in [0.25, 0.3) is 5.91 Å². The van der Waals surface area contributed by atoms with E-state index >= 15 is 0 Å². The number of likely N-dealkylation sites (tertiary alicyclic amines) is 1. The maximum Gasteiger partial charge on any atom is 0.258 e. The molecule has 0 bridgehead atoms. The van der Waals surface area contributed by atoms with Crippen LogP contribution < -0.4 is 10.3 Å². The quantitative estimate of drug-likeness (QED) is 0.453. The Morgan fingerprint density at radius 2 is 2.00 bits per heavy atom. The maximum atomic E-state index is 14.6. The molecule has 2 aromatic rings. The van der Waals surface area contributed by atoms with Gasteiger partial charge in [0.2, 0.25) is 5.95 Å². The van der Waals surface area contributed by atoms with Crippen LogP contribution in [0.1, 0.15) is 28.1 Å². The van der Waals surface area contributed by atoms with E-state index in [1.54, 1.807) is 17.0 Å². The topological polar surface area (TPSA) is 100 Å². The molecule has 5 rings (SSSR count). The number of nitrogens with one attached hydrogen (secondary N) is 3. The van der Waals surface area contributed by atoms with E-state index in [1.807, 2.05) is 13.8 Å². The minimum atomic E-state index is -0.432. The summed E-state index contributed by atoms with van der Waals surface area (Å²) >= 11 is 0. The summed E-state index contributed by atoms with van der Waals surface area (Å²) in [5.41, 5.74) is 4.45. The third-order valence-electron chi connectivity index (χ3n) is 6.31. The molecule has 2 atom stereocenters. The summed E-state index contributed by atoms with van der Waals surface area (Å²) in [5.74, 6) is 0.151. The van der Waals surface area contributed by atoms with Crippen molar-refractivity contribution < 1.29 is 15.0 Å². The smallest absolute Gasteiger partial charge is 0.258 e. The van der Waals surface area contributed by atoms with Gasteiger partial charge in [-0.15, -0.1) is 0 Å². The number of hydrogen-bond acceptors (Lipinski definition) is 6. The van der Waals surface area contributed by atoms with Crippen molar-refractivity contribution in [1.29, 1.82) is 5.41 Å². The highest BCUT2D eigenvalue weighted by atomic mass is 19.1. The van der Waals surface area contributed by atoms with Crippen LogP contribution in [0, 0.1) is 23.1 Å². The number of carbonyl (C=O) groups is 1. The van der Waals surface area contributed by atoms with Gasteiger partial charge in [0.1, 0.15) is 11.6 Å². The van der Waals surface area contributed by atoms with Crippen LogP contribution in [-0.4, -0.2) is 59.4 Å². The molecule has 182 valence electrons. The number of fused-ring (bicyclic) bond motifs is 2. The van der Waals surface area contributed by atoms with Crippen molar-refractivity contribution in [2.75, 3.05) is 31.1 Å². The summed E-state index contributed by atoms with van der Waals surface area (Å²) in [6.07, 6.45) is 4.69. The third-order valence-corrected chi connectivity index (χ3v) is 6.31. The number of nitrogens with zero attached hydrogens (tertiary/aromatic N) is 4. The first-order valence-corrected chi connectivity index (χ1v) is 11.6. The zero-order valence-electron chi connectivity index (χ0n) is 19.3. The molecule has 8 nitrogen and oxygen atoms in total. The lowest BCUT2D eigenvalue weighted by molar-refractivity contribution is -0.126. The van der Waals surface area contributed by atoms with E-state index in [1.165, 1.54) is 18.3 Å². The largest absolute Gasteiger partial charge is 0.342 e. The van der Waals surface area contributed by atoms with Gasteiger partial charge in [-0.2, -0.15) is 5.10 Å². The number of allylic oxidation sites excluding steroid dienone is 2. The molecule has 34 heavy (non-hydrogen) atoms. The van der Waals surface area contributed by atoms with E-state index in [-0.39, 0.29) is 37.0 Å². The molecule has 0 saturated carbocycles. The average Bonchev–Trinajstić information content (AvgIpc) is 3.53. The van der Waals surface area contributed by atoms with Crippen molar-refractivity contribution in [1.82, 2.24) is 20.3 Å². The first-order chi connectivity index (χ1) is 16.5. The Bertz CT molecular complexity index is 1160. The first kappa shape index (κ1) is 23.6. The van der Waals surface area contributed by atoms with E-state index in [4.69, 9.17) is 5.41 Å². The molecule has 10 heteroatoms. The predicted molar refractivity (Wildman–Crippen MR) is 131 cm³/mol. The lowest BCUT2D eigenvalue weighted by atomic mass is 10.0. The second-order valence-electron chi connectivity index (χ2n) is 8.35. The van der Waals surface area contributed by atoms with Crippen LogP contribution in [0.3, 0.4) is 0 Å². The summed E-state index contributed by atoms with van der Waals surface area (Å²) < 4.78 is 28.1. The highest BCUT2D eigenvalue weighted by molar-refractivity contribution is 6.14. The van der Waals surface area contributed by atoms with Crippen molar-refractivity contribution in [2.24, 2.45) is 16.9 Å². The van der Waals surface area contributed by atoms with Gasteiger partial charge >= 0.3 is 0 Å². The lowest BCUT2D eigenvalue weighted by Crippen LogP contribution is -2.36. The minimum Gasteiger partial charge on any atom is -0.342 e. The normalized spacial score (nSPS) is 22.1. The average molecular weight is 472 g/mol. The number of rotatable bonds is 5. The number of amides is 1. The Kier molecular flexibility index (Phi) is 7.04. The molecule has 1 amide bonds. The van der Waals surface area contributed by atoms with Crippen molar-refractivity contribution in [3.63, 3.8) is 0 Å². The van der Waals surface area contributed by atoms with Gasteiger partial charge in [-0.1, -0.05) is 19.9 Å². The number of aromatic amines is 1. The highest BCUT2D eigenvalue weighted by Crippen LogP contribution is 2.36. The molecule has 3 N–H and O–H groups in total. The van der Waals surface area contributed by atoms with E-state index in [2.05, 4.69) is 25.4 Å².